The van der Waals surface area contributed by atoms with Gasteiger partial charge in [-0.1, -0.05) is 340 Å². The summed E-state index contributed by atoms with van der Waals surface area (Å²) >= 11 is 0. The van der Waals surface area contributed by atoms with E-state index >= 15 is 0 Å². The van der Waals surface area contributed by atoms with E-state index in [0.29, 0.717) is 0 Å². The molecule has 22 aromatic rings. The molecule has 0 radical (unpaired) electrons. The van der Waals surface area contributed by atoms with Gasteiger partial charge in [0, 0.05) is 83.7 Å². The van der Waals surface area contributed by atoms with Crippen LogP contribution in [0.5, 0.6) is 0 Å². The monoisotopic (exact) mass is 1540 g/mol. The van der Waals surface area contributed by atoms with Gasteiger partial charge in [0.15, 0.2) is 0 Å². The third-order valence-electron chi connectivity index (χ3n) is 23.6. The third kappa shape index (κ3) is 14.1. The first-order valence-electron chi connectivity index (χ1n) is 41.4. The first-order valence-corrected chi connectivity index (χ1v) is 41.4. The second kappa shape index (κ2) is 32.2. The average Bonchev–Trinajstić information content (AvgIpc) is 1.59. The number of nitrogens with zero attached hydrogens (tertiary/aromatic N) is 5. The highest BCUT2D eigenvalue weighted by atomic mass is 15.1. The van der Waals surface area contributed by atoms with Crippen LogP contribution in [0.4, 0.5) is 34.1 Å². The molecule has 0 unspecified atom stereocenters. The first-order chi connectivity index (χ1) is 60.0. The molecule has 3 aromatic heterocycles. The summed E-state index contributed by atoms with van der Waals surface area (Å²) in [7, 11) is 0. The molecule has 3 heterocycles. The average molecular weight is 1540 g/mol. The zero-order valence-electron chi connectivity index (χ0n) is 66.5. The second-order valence-electron chi connectivity index (χ2n) is 30.7. The summed E-state index contributed by atoms with van der Waals surface area (Å²) in [6.07, 6.45) is 0. The third-order valence-corrected chi connectivity index (χ3v) is 23.6. The number of hydrogen-bond donors (Lipinski definition) is 0. The fourth-order valence-corrected chi connectivity index (χ4v) is 17.7. The van der Waals surface area contributed by atoms with Crippen molar-refractivity contribution < 1.29 is 0 Å². The number of para-hydroxylation sites is 5. The molecule has 19 aromatic carbocycles. The van der Waals surface area contributed by atoms with E-state index in [0.717, 1.165) is 51.1 Å². The Kier molecular flexibility index (Phi) is 19.3. The van der Waals surface area contributed by atoms with Crippen molar-refractivity contribution in [3.63, 3.8) is 0 Å². The largest absolute Gasteiger partial charge is 0.311 e. The van der Waals surface area contributed by atoms with Gasteiger partial charge in [0.05, 0.1) is 33.3 Å². The van der Waals surface area contributed by atoms with Crippen LogP contribution in [0.15, 0.2) is 491 Å². The van der Waals surface area contributed by atoms with Crippen molar-refractivity contribution >= 4 is 88.6 Å². The van der Waals surface area contributed by atoms with Gasteiger partial charge in [-0.2, -0.15) is 0 Å². The standard InChI is InChI=1S/C60H41N3.C56H40N2/c1-3-13-42(14-4-1)43-23-32-49(33-24-43)61(50-34-25-44(26-35-50)45-27-38-52(39-28-45)63-57-20-10-7-17-53(57)54-18-8-11-21-58(54)63)51-36-29-46(30-37-51)47-31-40-60-56(41-47)55-19-9-12-22-59(55)62(60)48-15-5-2-6-16-48;1-6-16-41(17-7-1)43-26-33-50(34-27-43)57(51-35-28-44(29-36-51)42-18-8-2-9-19-42)52-37-30-45(31-38-52)48-32-39-54-53(40-48)55(46-20-10-3-11-21-46)56(47-22-12-4-13-23-47)58(54)49-24-14-5-15-25-49/h1-41H;1-40H. The molecule has 0 amide bonds. The Balaban J connectivity index is 0.000000150. The number of aromatic nitrogens is 3. The van der Waals surface area contributed by atoms with Crippen LogP contribution in [-0.4, -0.2) is 13.7 Å². The molecule has 0 bridgehead atoms. The number of fused-ring (bicyclic) bond motifs is 7. The summed E-state index contributed by atoms with van der Waals surface area (Å²) < 4.78 is 7.16. The molecule has 22 rings (SSSR count). The highest BCUT2D eigenvalue weighted by Crippen LogP contribution is 2.47. The second-order valence-corrected chi connectivity index (χ2v) is 30.7. The van der Waals surface area contributed by atoms with Crippen LogP contribution in [-0.2, 0) is 0 Å². The summed E-state index contributed by atoms with van der Waals surface area (Å²) in [6.45, 7) is 0. The molecule has 0 spiro atoms. The normalized spacial score (nSPS) is 11.3. The van der Waals surface area contributed by atoms with Crippen LogP contribution in [0.3, 0.4) is 0 Å². The van der Waals surface area contributed by atoms with Gasteiger partial charge in [0.2, 0.25) is 0 Å². The zero-order valence-corrected chi connectivity index (χ0v) is 66.5. The highest BCUT2D eigenvalue weighted by molar-refractivity contribution is 6.12. The van der Waals surface area contributed by atoms with Crippen molar-refractivity contribution in [2.24, 2.45) is 0 Å². The minimum atomic E-state index is 1.09. The van der Waals surface area contributed by atoms with E-state index in [9.17, 15) is 0 Å². The molecule has 0 fully saturated rings. The van der Waals surface area contributed by atoms with Crippen molar-refractivity contribution in [2.45, 2.75) is 0 Å². The van der Waals surface area contributed by atoms with E-state index in [1.54, 1.807) is 0 Å². The van der Waals surface area contributed by atoms with Gasteiger partial charge in [-0.25, -0.2) is 0 Å². The SMILES string of the molecule is c1ccc(-c2ccc(N(c3ccc(-c4ccc(-n5c6ccccc6c6ccccc65)cc4)cc3)c3ccc(-c4ccc5c(c4)c4ccccc4n5-c4ccccc4)cc3)cc2)cc1.c1ccc(-c2ccc(N(c3ccc(-c4ccccc4)cc3)c3ccc(-c4ccc5c(c4)c(-c4ccccc4)c(-c4ccccc4)n5-c4ccccc4)cc3)cc2)cc1. The molecule has 0 saturated carbocycles. The van der Waals surface area contributed by atoms with E-state index < -0.39 is 0 Å². The molecule has 0 aliphatic carbocycles. The molecule has 0 saturated heterocycles. The maximum absolute atomic E-state index is 2.42. The van der Waals surface area contributed by atoms with Gasteiger partial charge in [0.25, 0.3) is 0 Å². The lowest BCUT2D eigenvalue weighted by atomic mass is 9.96. The molecule has 0 N–H and O–H groups in total. The van der Waals surface area contributed by atoms with E-state index in [4.69, 9.17) is 0 Å². The molecule has 0 atom stereocenters. The summed E-state index contributed by atoms with van der Waals surface area (Å²) in [4.78, 5) is 4.69. The van der Waals surface area contributed by atoms with Crippen molar-refractivity contribution in [1.29, 1.82) is 0 Å². The Bertz CT molecular complexity index is 7240. The van der Waals surface area contributed by atoms with Crippen molar-refractivity contribution in [2.75, 3.05) is 9.80 Å². The van der Waals surface area contributed by atoms with Gasteiger partial charge in [-0.15, -0.1) is 0 Å². The molecular formula is C116H81N5. The van der Waals surface area contributed by atoms with E-state index in [1.165, 1.54) is 144 Å². The summed E-state index contributed by atoms with van der Waals surface area (Å²) in [6, 6.07) is 177. The minimum absolute atomic E-state index is 1.09. The Morgan fingerprint density at radius 2 is 0.347 bits per heavy atom. The van der Waals surface area contributed by atoms with Crippen LogP contribution in [0.2, 0.25) is 0 Å². The number of benzene rings is 19. The van der Waals surface area contributed by atoms with Gasteiger partial charge in [-0.3, -0.25) is 0 Å². The minimum Gasteiger partial charge on any atom is -0.311 e. The van der Waals surface area contributed by atoms with Gasteiger partial charge in [-0.05, 0) is 230 Å². The fourth-order valence-electron chi connectivity index (χ4n) is 17.7. The number of anilines is 6. The topological polar surface area (TPSA) is 21.3 Å². The molecule has 570 valence electrons. The lowest BCUT2D eigenvalue weighted by molar-refractivity contribution is 1.13. The smallest absolute Gasteiger partial charge is 0.0619 e. The Hall–Kier alpha value is -16.1. The molecule has 0 aliphatic heterocycles. The van der Waals surface area contributed by atoms with Crippen molar-refractivity contribution in [1.82, 2.24) is 13.7 Å². The lowest BCUT2D eigenvalue weighted by Crippen LogP contribution is -2.09. The summed E-state index contributed by atoms with van der Waals surface area (Å²) in [5.41, 5.74) is 35.1. The lowest BCUT2D eigenvalue weighted by Gasteiger charge is -2.26. The van der Waals surface area contributed by atoms with Crippen LogP contribution in [0.25, 0.3) is 161 Å². The molecule has 0 aliphatic rings. The van der Waals surface area contributed by atoms with Crippen LogP contribution < -0.4 is 9.80 Å². The quantitative estimate of drug-likeness (QED) is 0.0906. The van der Waals surface area contributed by atoms with Gasteiger partial charge < -0.3 is 23.5 Å². The molecule has 121 heavy (non-hydrogen) atoms. The van der Waals surface area contributed by atoms with Crippen molar-refractivity contribution in [3.05, 3.63) is 491 Å². The Labute approximate surface area is 705 Å². The number of rotatable bonds is 17. The predicted octanol–water partition coefficient (Wildman–Crippen LogP) is 31.8. The van der Waals surface area contributed by atoms with Gasteiger partial charge >= 0.3 is 0 Å². The Morgan fingerprint density at radius 3 is 0.686 bits per heavy atom. The predicted molar refractivity (Wildman–Crippen MR) is 511 cm³/mol. The van der Waals surface area contributed by atoms with Crippen molar-refractivity contribution in [3.8, 4) is 106 Å². The molecule has 5 nitrogen and oxygen atoms in total. The highest BCUT2D eigenvalue weighted by Gasteiger charge is 2.24. The molecular weight excluding hydrogens is 1460 g/mol. The van der Waals surface area contributed by atoms with Gasteiger partial charge in [0.1, 0.15) is 0 Å². The fraction of sp³-hybridized carbons (Fsp3) is 0. The summed E-state index contributed by atoms with van der Waals surface area (Å²) in [5, 5.41) is 6.26. The zero-order chi connectivity index (χ0) is 80.4. The summed E-state index contributed by atoms with van der Waals surface area (Å²) in [5.74, 6) is 0. The van der Waals surface area contributed by atoms with E-state index in [2.05, 4.69) is 515 Å². The molecule has 5 heteroatoms. The maximum atomic E-state index is 2.42. The van der Waals surface area contributed by atoms with Crippen LogP contribution in [0, 0.1) is 0 Å². The first kappa shape index (κ1) is 72.6. The Morgan fingerprint density at radius 1 is 0.132 bits per heavy atom. The van der Waals surface area contributed by atoms with E-state index in [-0.39, 0.29) is 0 Å². The maximum Gasteiger partial charge on any atom is 0.0619 e. The van der Waals surface area contributed by atoms with Crippen LogP contribution in [0.1, 0.15) is 0 Å². The number of hydrogen-bond acceptors (Lipinski definition) is 2. The van der Waals surface area contributed by atoms with Crippen LogP contribution >= 0.6 is 0 Å². The van der Waals surface area contributed by atoms with E-state index in [1.807, 2.05) is 0 Å².